The third kappa shape index (κ3) is 2.35. The van der Waals surface area contributed by atoms with Crippen LogP contribution in [0.1, 0.15) is 23.5 Å². The van der Waals surface area contributed by atoms with E-state index in [0.29, 0.717) is 22.1 Å². The van der Waals surface area contributed by atoms with Crippen molar-refractivity contribution in [2.24, 2.45) is 0 Å². The topological polar surface area (TPSA) is 79.3 Å². The molecule has 2 aromatic heterocycles. The molecule has 0 saturated carbocycles. The number of hydrogen-bond acceptors (Lipinski definition) is 3. The average molecular weight is 383 g/mol. The number of hydrogen-bond donors (Lipinski definition) is 2. The molecule has 1 atom stereocenters. The molecule has 0 bridgehead atoms. The first-order valence-corrected chi connectivity index (χ1v) is 8.69. The van der Waals surface area contributed by atoms with Crippen LogP contribution in [0.25, 0.3) is 16.8 Å². The van der Waals surface area contributed by atoms with Gasteiger partial charge in [-0.1, -0.05) is 23.7 Å². The Morgan fingerprint density at radius 2 is 2.00 bits per heavy atom. The van der Waals surface area contributed by atoms with E-state index in [-0.39, 0.29) is 23.5 Å². The summed E-state index contributed by atoms with van der Waals surface area (Å²) < 4.78 is 16.2. The molecule has 0 aliphatic carbocycles. The molecular formula is C19H12ClFN4O2. The lowest BCUT2D eigenvalue weighted by molar-refractivity contribution is -0.116. The molecule has 1 aliphatic heterocycles. The second-order valence-corrected chi connectivity index (χ2v) is 6.88. The summed E-state index contributed by atoms with van der Waals surface area (Å²) in [5.41, 5.74) is 1.48. The fourth-order valence-corrected chi connectivity index (χ4v) is 3.88. The van der Waals surface area contributed by atoms with Gasteiger partial charge in [-0.15, -0.1) is 0 Å². The monoisotopic (exact) mass is 382 g/mol. The second kappa shape index (κ2) is 5.65. The van der Waals surface area contributed by atoms with Crippen molar-refractivity contribution < 1.29 is 9.18 Å². The molecule has 0 radical (unpaired) electrons. The van der Waals surface area contributed by atoms with Crippen LogP contribution in [0.4, 0.5) is 10.2 Å². The Labute approximate surface area is 156 Å². The Balaban J connectivity index is 1.88. The third-order valence-corrected chi connectivity index (χ3v) is 5.07. The summed E-state index contributed by atoms with van der Waals surface area (Å²) in [5, 5.41) is 3.10. The van der Waals surface area contributed by atoms with Crippen molar-refractivity contribution in [2.75, 3.05) is 5.32 Å². The molecular weight excluding hydrogens is 371 g/mol. The van der Waals surface area contributed by atoms with E-state index < -0.39 is 17.3 Å². The highest BCUT2D eigenvalue weighted by Gasteiger charge is 2.33. The number of nitrogens with zero attached hydrogens (tertiary/aromatic N) is 2. The van der Waals surface area contributed by atoms with Gasteiger partial charge in [-0.3, -0.25) is 19.0 Å². The molecule has 0 unspecified atom stereocenters. The quantitative estimate of drug-likeness (QED) is 0.529. The van der Waals surface area contributed by atoms with Crippen molar-refractivity contribution in [3.63, 3.8) is 0 Å². The predicted octanol–water partition coefficient (Wildman–Crippen LogP) is 3.44. The number of anilines is 1. The van der Waals surface area contributed by atoms with Crippen LogP contribution in [-0.4, -0.2) is 20.3 Å². The standard InChI is InChI=1S/C19H12ClFN4O2/c20-9-5-6-12(21)10(7-9)11-8-15(26)23-17-16(11)18(27)24-19-22-13-3-1-2-4-14(13)25(17)19/h1-7,11H,8H2,(H,23,26)(H,22,24,27)/t11-/m1/s1. The van der Waals surface area contributed by atoms with Crippen LogP contribution in [0.3, 0.4) is 0 Å². The van der Waals surface area contributed by atoms with E-state index in [1.54, 1.807) is 4.40 Å². The average Bonchev–Trinajstić information content (AvgIpc) is 3.01. The van der Waals surface area contributed by atoms with E-state index in [0.717, 1.165) is 5.52 Å². The number of carbonyl (C=O) groups is 1. The fraction of sp³-hybridized carbons (Fsp3) is 0.105. The molecule has 2 aromatic carbocycles. The maximum Gasteiger partial charge on any atom is 0.258 e. The zero-order chi connectivity index (χ0) is 18.7. The molecule has 6 nitrogen and oxygen atoms in total. The molecule has 8 heteroatoms. The fourth-order valence-electron chi connectivity index (χ4n) is 3.70. The first-order valence-electron chi connectivity index (χ1n) is 8.31. The number of fused-ring (bicyclic) bond motifs is 5. The minimum atomic E-state index is -0.748. The number of amides is 1. The number of nitrogens with one attached hydrogen (secondary N) is 2. The number of carbonyl (C=O) groups excluding carboxylic acids is 1. The molecule has 0 saturated heterocycles. The van der Waals surface area contributed by atoms with E-state index in [4.69, 9.17) is 11.6 Å². The number of halogens is 2. The van der Waals surface area contributed by atoms with Crippen molar-refractivity contribution in [2.45, 2.75) is 12.3 Å². The highest BCUT2D eigenvalue weighted by atomic mass is 35.5. The molecule has 27 heavy (non-hydrogen) atoms. The van der Waals surface area contributed by atoms with Crippen molar-refractivity contribution in [3.8, 4) is 0 Å². The maximum absolute atomic E-state index is 14.5. The van der Waals surface area contributed by atoms with Gasteiger partial charge in [-0.05, 0) is 35.9 Å². The smallest absolute Gasteiger partial charge is 0.258 e. The summed E-state index contributed by atoms with van der Waals surface area (Å²) >= 11 is 6.03. The van der Waals surface area contributed by atoms with Gasteiger partial charge in [0.25, 0.3) is 5.56 Å². The lowest BCUT2D eigenvalue weighted by Crippen LogP contribution is -2.32. The Morgan fingerprint density at radius 1 is 1.19 bits per heavy atom. The summed E-state index contributed by atoms with van der Waals surface area (Å²) in [6, 6.07) is 11.5. The largest absolute Gasteiger partial charge is 0.311 e. The van der Waals surface area contributed by atoms with E-state index >= 15 is 0 Å². The Hall–Kier alpha value is -3.19. The van der Waals surface area contributed by atoms with Gasteiger partial charge in [0.15, 0.2) is 0 Å². The molecule has 134 valence electrons. The van der Waals surface area contributed by atoms with E-state index in [1.807, 2.05) is 24.3 Å². The lowest BCUT2D eigenvalue weighted by Gasteiger charge is -2.26. The van der Waals surface area contributed by atoms with Crippen LogP contribution in [0.5, 0.6) is 0 Å². The minimum absolute atomic E-state index is 0.0501. The van der Waals surface area contributed by atoms with Crippen molar-refractivity contribution >= 4 is 40.1 Å². The molecule has 1 aliphatic rings. The summed E-state index contributed by atoms with van der Waals surface area (Å²) in [7, 11) is 0. The Kier molecular flexibility index (Phi) is 3.35. The molecule has 1 amide bonds. The molecule has 5 rings (SSSR count). The zero-order valence-corrected chi connectivity index (χ0v) is 14.5. The van der Waals surface area contributed by atoms with Crippen molar-refractivity contribution in [3.05, 3.63) is 74.8 Å². The molecule has 3 heterocycles. The molecule has 0 spiro atoms. The first-order chi connectivity index (χ1) is 13.0. The summed E-state index contributed by atoms with van der Waals surface area (Å²) in [6.45, 7) is 0. The summed E-state index contributed by atoms with van der Waals surface area (Å²) in [6.07, 6.45) is -0.0501. The molecule has 2 N–H and O–H groups in total. The number of imidazole rings is 1. The van der Waals surface area contributed by atoms with Crippen LogP contribution in [0.2, 0.25) is 5.02 Å². The van der Waals surface area contributed by atoms with Gasteiger partial charge in [-0.2, -0.15) is 0 Å². The van der Waals surface area contributed by atoms with E-state index in [9.17, 15) is 14.0 Å². The SMILES string of the molecule is O=C1C[C@H](c2cc(Cl)ccc2F)c2c(n3c(nc4ccccc43)[nH]c2=O)N1. The van der Waals surface area contributed by atoms with E-state index in [2.05, 4.69) is 15.3 Å². The first kappa shape index (κ1) is 16.0. The number of H-pyrrole nitrogens is 1. The molecule has 0 fully saturated rings. The Bertz CT molecular complexity index is 1310. The van der Waals surface area contributed by atoms with E-state index in [1.165, 1.54) is 18.2 Å². The predicted molar refractivity (Wildman–Crippen MR) is 99.8 cm³/mol. The van der Waals surface area contributed by atoms with Gasteiger partial charge in [0.05, 0.1) is 16.6 Å². The van der Waals surface area contributed by atoms with Crippen LogP contribution in [0, 0.1) is 5.82 Å². The zero-order valence-electron chi connectivity index (χ0n) is 13.8. The molecule has 4 aromatic rings. The summed E-state index contributed by atoms with van der Waals surface area (Å²) in [5.74, 6) is -0.950. The van der Waals surface area contributed by atoms with Gasteiger partial charge in [0.2, 0.25) is 11.7 Å². The third-order valence-electron chi connectivity index (χ3n) is 4.84. The van der Waals surface area contributed by atoms with Gasteiger partial charge < -0.3 is 5.32 Å². The van der Waals surface area contributed by atoms with Gasteiger partial charge in [0.1, 0.15) is 11.6 Å². The van der Waals surface area contributed by atoms with Crippen LogP contribution in [0.15, 0.2) is 47.3 Å². The van der Waals surface area contributed by atoms with Gasteiger partial charge in [0, 0.05) is 17.4 Å². The maximum atomic E-state index is 14.5. The lowest BCUT2D eigenvalue weighted by atomic mass is 9.86. The van der Waals surface area contributed by atoms with Gasteiger partial charge in [-0.25, -0.2) is 9.37 Å². The normalized spacial score (nSPS) is 16.5. The summed E-state index contributed by atoms with van der Waals surface area (Å²) in [4.78, 5) is 32.4. The number of aromatic amines is 1. The van der Waals surface area contributed by atoms with Crippen LogP contribution >= 0.6 is 11.6 Å². The van der Waals surface area contributed by atoms with Gasteiger partial charge >= 0.3 is 0 Å². The van der Waals surface area contributed by atoms with Crippen LogP contribution < -0.4 is 10.9 Å². The number of benzene rings is 2. The Morgan fingerprint density at radius 3 is 2.85 bits per heavy atom. The second-order valence-electron chi connectivity index (χ2n) is 6.45. The van der Waals surface area contributed by atoms with Crippen molar-refractivity contribution in [1.82, 2.24) is 14.4 Å². The minimum Gasteiger partial charge on any atom is -0.311 e. The number of para-hydroxylation sites is 2. The number of aromatic nitrogens is 3. The van der Waals surface area contributed by atoms with Crippen molar-refractivity contribution in [1.29, 1.82) is 0 Å². The van der Waals surface area contributed by atoms with Crippen LogP contribution in [-0.2, 0) is 4.79 Å². The highest BCUT2D eigenvalue weighted by molar-refractivity contribution is 6.30. The highest BCUT2D eigenvalue weighted by Crippen LogP contribution is 2.37. The number of rotatable bonds is 1.